The number of carbonyl (C=O) groups excluding carboxylic acids is 2. The van der Waals surface area contributed by atoms with Gasteiger partial charge in [0.05, 0.1) is 19.0 Å². The van der Waals surface area contributed by atoms with E-state index < -0.39 is 17.8 Å². The maximum Gasteiger partial charge on any atom is 0.343 e. The van der Waals surface area contributed by atoms with Gasteiger partial charge >= 0.3 is 11.9 Å². The van der Waals surface area contributed by atoms with Crippen molar-refractivity contribution in [3.63, 3.8) is 0 Å². The lowest BCUT2D eigenvalue weighted by Crippen LogP contribution is -2.21. The summed E-state index contributed by atoms with van der Waals surface area (Å²) in [5, 5.41) is 21.3. The van der Waals surface area contributed by atoms with Crippen LogP contribution in [0.5, 0.6) is 0 Å². The Balaban J connectivity index is 2.27. The highest BCUT2D eigenvalue weighted by atomic mass is 16.5. The van der Waals surface area contributed by atoms with Crippen molar-refractivity contribution >= 4 is 23.7 Å². The number of anilines is 1. The third kappa shape index (κ3) is 2.80. The molecule has 0 aliphatic rings. The van der Waals surface area contributed by atoms with E-state index in [2.05, 4.69) is 20.6 Å². The van der Waals surface area contributed by atoms with E-state index in [9.17, 15) is 14.4 Å². The molecule has 0 radical (unpaired) electrons. The third-order valence-electron chi connectivity index (χ3n) is 2.76. The first-order chi connectivity index (χ1) is 10.5. The fourth-order valence-corrected chi connectivity index (χ4v) is 1.78. The van der Waals surface area contributed by atoms with E-state index in [1.807, 2.05) is 0 Å². The number of carboxylic acids is 1. The van der Waals surface area contributed by atoms with Crippen molar-refractivity contribution in [2.24, 2.45) is 7.05 Å². The Kier molecular flexibility index (Phi) is 4.20. The smallest absolute Gasteiger partial charge is 0.343 e. The Morgan fingerprint density at radius 1 is 1.36 bits per heavy atom. The second kappa shape index (κ2) is 6.08. The molecule has 0 aliphatic carbocycles. The Labute approximate surface area is 124 Å². The average molecular weight is 307 g/mol. The molecule has 0 unspecified atom stereocenters. The maximum absolute atomic E-state index is 12.2. The van der Waals surface area contributed by atoms with Crippen LogP contribution >= 0.6 is 0 Å². The van der Waals surface area contributed by atoms with E-state index in [-0.39, 0.29) is 29.2 Å². The first-order valence-electron chi connectivity index (χ1n) is 6.22. The van der Waals surface area contributed by atoms with Crippen molar-refractivity contribution in [2.75, 3.05) is 11.9 Å². The Morgan fingerprint density at radius 3 is 2.73 bits per heavy atom. The number of aromatic carboxylic acids is 1. The molecule has 22 heavy (non-hydrogen) atoms. The number of aromatic nitrogens is 4. The highest BCUT2D eigenvalue weighted by Gasteiger charge is 2.24. The molecule has 10 nitrogen and oxygen atoms in total. The molecule has 0 aromatic carbocycles. The number of H-pyrrole nitrogens is 1. The molecule has 0 fully saturated rings. The summed E-state index contributed by atoms with van der Waals surface area (Å²) >= 11 is 0. The first kappa shape index (κ1) is 15.2. The summed E-state index contributed by atoms with van der Waals surface area (Å²) in [5.41, 5.74) is -0.372. The van der Waals surface area contributed by atoms with E-state index in [1.165, 1.54) is 13.2 Å². The van der Waals surface area contributed by atoms with Crippen molar-refractivity contribution in [3.05, 3.63) is 29.2 Å². The number of hydrogen-bond donors (Lipinski definition) is 3. The van der Waals surface area contributed by atoms with Crippen LogP contribution in [0, 0.1) is 0 Å². The van der Waals surface area contributed by atoms with E-state index in [0.717, 1.165) is 10.9 Å². The second-order valence-electron chi connectivity index (χ2n) is 4.17. The van der Waals surface area contributed by atoms with Gasteiger partial charge in [-0.1, -0.05) is 0 Å². The first-order valence-corrected chi connectivity index (χ1v) is 6.22. The zero-order valence-corrected chi connectivity index (χ0v) is 11.8. The quantitative estimate of drug-likeness (QED) is 0.673. The Morgan fingerprint density at radius 2 is 2.09 bits per heavy atom. The summed E-state index contributed by atoms with van der Waals surface area (Å²) in [4.78, 5) is 35.0. The zero-order chi connectivity index (χ0) is 16.3. The van der Waals surface area contributed by atoms with Gasteiger partial charge in [0.25, 0.3) is 5.91 Å². The number of rotatable bonds is 5. The lowest BCUT2D eigenvalue weighted by atomic mass is 10.2. The minimum atomic E-state index is -1.28. The molecule has 0 bridgehead atoms. The van der Waals surface area contributed by atoms with Crippen molar-refractivity contribution in [1.29, 1.82) is 0 Å². The number of amides is 1. The van der Waals surface area contributed by atoms with Crippen molar-refractivity contribution in [3.8, 4) is 0 Å². The summed E-state index contributed by atoms with van der Waals surface area (Å²) in [6, 6.07) is 0. The van der Waals surface area contributed by atoms with Gasteiger partial charge in [-0.15, -0.1) is 0 Å². The van der Waals surface area contributed by atoms with Gasteiger partial charge in [0.1, 0.15) is 22.6 Å². The number of nitrogens with zero attached hydrogens (tertiary/aromatic N) is 3. The topological polar surface area (TPSA) is 139 Å². The van der Waals surface area contributed by atoms with Gasteiger partial charge in [-0.2, -0.15) is 10.2 Å². The summed E-state index contributed by atoms with van der Waals surface area (Å²) in [5.74, 6) is -2.67. The van der Waals surface area contributed by atoms with Gasteiger partial charge in [0.2, 0.25) is 0 Å². The molecule has 0 aliphatic heterocycles. The summed E-state index contributed by atoms with van der Waals surface area (Å²) in [6.07, 6.45) is 2.27. The molecule has 0 saturated heterocycles. The van der Waals surface area contributed by atoms with Gasteiger partial charge in [0.15, 0.2) is 0 Å². The number of ether oxygens (including phenoxy) is 1. The Bertz CT molecular complexity index is 732. The van der Waals surface area contributed by atoms with E-state index in [1.54, 1.807) is 6.92 Å². The Hall–Kier alpha value is -3.17. The molecule has 0 atom stereocenters. The number of aryl methyl sites for hydroxylation is 1. The zero-order valence-electron chi connectivity index (χ0n) is 11.8. The number of carboxylic acid groups (broad SMARTS) is 1. The van der Waals surface area contributed by atoms with Crippen LogP contribution in [0.2, 0.25) is 0 Å². The second-order valence-corrected chi connectivity index (χ2v) is 4.17. The van der Waals surface area contributed by atoms with Gasteiger partial charge in [-0.3, -0.25) is 14.6 Å². The molecule has 2 heterocycles. The van der Waals surface area contributed by atoms with Crippen LogP contribution in [0.1, 0.15) is 38.1 Å². The van der Waals surface area contributed by atoms with Crippen molar-refractivity contribution in [2.45, 2.75) is 6.92 Å². The van der Waals surface area contributed by atoms with Gasteiger partial charge in [-0.05, 0) is 6.92 Å². The number of hydrogen-bond acceptors (Lipinski definition) is 6. The van der Waals surface area contributed by atoms with Crippen molar-refractivity contribution in [1.82, 2.24) is 20.0 Å². The molecule has 1 amide bonds. The number of esters is 1. The molecule has 116 valence electrons. The molecule has 0 saturated carbocycles. The summed E-state index contributed by atoms with van der Waals surface area (Å²) in [6.45, 7) is 1.81. The van der Waals surface area contributed by atoms with Crippen LogP contribution in [-0.4, -0.2) is 49.5 Å². The third-order valence-corrected chi connectivity index (χ3v) is 2.76. The van der Waals surface area contributed by atoms with Gasteiger partial charge < -0.3 is 15.2 Å². The van der Waals surface area contributed by atoms with E-state index in [0.29, 0.717) is 0 Å². The van der Waals surface area contributed by atoms with Crippen molar-refractivity contribution < 1.29 is 24.2 Å². The SMILES string of the molecule is CCOC(=O)c1cn[nH]c1NC(=O)c1c(C(=O)O)cnn1C. The van der Waals surface area contributed by atoms with Crippen LogP contribution in [-0.2, 0) is 11.8 Å². The fourth-order valence-electron chi connectivity index (χ4n) is 1.78. The van der Waals surface area contributed by atoms with Crippen LogP contribution in [0.25, 0.3) is 0 Å². The standard InChI is InChI=1S/C12H13N5O5/c1-3-22-12(21)7-4-13-16-9(7)15-10(18)8-6(11(19)20)5-14-17(8)2/h4-5H,3H2,1-2H3,(H,19,20)(H2,13,15,16,18). The largest absolute Gasteiger partial charge is 0.478 e. The molecule has 2 rings (SSSR count). The van der Waals surface area contributed by atoms with Crippen LogP contribution < -0.4 is 5.32 Å². The predicted octanol–water partition coefficient (Wildman–Crippen LogP) is 0.270. The molecule has 3 N–H and O–H groups in total. The lowest BCUT2D eigenvalue weighted by molar-refractivity contribution is 0.0527. The average Bonchev–Trinajstić information content (AvgIpc) is 3.05. The van der Waals surface area contributed by atoms with E-state index >= 15 is 0 Å². The minimum Gasteiger partial charge on any atom is -0.478 e. The van der Waals surface area contributed by atoms with Crippen LogP contribution in [0.3, 0.4) is 0 Å². The summed E-state index contributed by atoms with van der Waals surface area (Å²) < 4.78 is 5.95. The predicted molar refractivity (Wildman–Crippen MR) is 72.7 cm³/mol. The monoisotopic (exact) mass is 307 g/mol. The maximum atomic E-state index is 12.2. The minimum absolute atomic E-state index is 0.0148. The molecule has 10 heteroatoms. The molecular weight excluding hydrogens is 294 g/mol. The molecular formula is C12H13N5O5. The number of nitrogens with one attached hydrogen (secondary N) is 2. The summed E-state index contributed by atoms with van der Waals surface area (Å²) in [7, 11) is 1.43. The molecule has 0 spiro atoms. The van der Waals surface area contributed by atoms with Gasteiger partial charge in [-0.25, -0.2) is 9.59 Å². The number of carbonyl (C=O) groups is 3. The van der Waals surface area contributed by atoms with E-state index in [4.69, 9.17) is 9.84 Å². The molecule has 2 aromatic heterocycles. The fraction of sp³-hybridized carbons (Fsp3) is 0.250. The molecule has 2 aromatic rings. The highest BCUT2D eigenvalue weighted by molar-refractivity contribution is 6.10. The van der Waals surface area contributed by atoms with Gasteiger partial charge in [0, 0.05) is 7.05 Å². The van der Waals surface area contributed by atoms with Crippen LogP contribution in [0.15, 0.2) is 12.4 Å². The van der Waals surface area contributed by atoms with Crippen LogP contribution in [0.4, 0.5) is 5.82 Å². The highest BCUT2D eigenvalue weighted by Crippen LogP contribution is 2.15. The lowest BCUT2D eigenvalue weighted by Gasteiger charge is -2.06. The normalized spacial score (nSPS) is 10.3. The number of aromatic amines is 1.